The van der Waals surface area contributed by atoms with Crippen LogP contribution < -0.4 is 5.32 Å². The number of benzene rings is 1. The highest BCUT2D eigenvalue weighted by molar-refractivity contribution is 6.31. The Morgan fingerprint density at radius 2 is 2.37 bits per heavy atom. The second-order valence-electron chi connectivity index (χ2n) is 4.87. The summed E-state index contributed by atoms with van der Waals surface area (Å²) in [5, 5.41) is 3.93. The van der Waals surface area contributed by atoms with Crippen molar-refractivity contribution in [2.24, 2.45) is 0 Å². The van der Waals surface area contributed by atoms with Crippen LogP contribution >= 0.6 is 11.6 Å². The van der Waals surface area contributed by atoms with E-state index in [0.29, 0.717) is 11.6 Å². The average Bonchev–Trinajstić information content (AvgIpc) is 2.39. The molecule has 1 heterocycles. The number of hydrogen-bond donors (Lipinski definition) is 1. The first kappa shape index (κ1) is 14.7. The number of nitrogens with zero attached hydrogens (tertiary/aromatic N) is 1. The molecule has 2 atom stereocenters. The topological polar surface area (TPSA) is 24.5 Å². The summed E-state index contributed by atoms with van der Waals surface area (Å²) in [6, 6.07) is 4.38. The molecular weight excluding hydrogens is 267 g/mol. The van der Waals surface area contributed by atoms with E-state index in [2.05, 4.69) is 17.3 Å². The molecule has 0 aromatic heterocycles. The zero-order valence-electron chi connectivity index (χ0n) is 11.3. The van der Waals surface area contributed by atoms with Gasteiger partial charge in [0.25, 0.3) is 0 Å². The van der Waals surface area contributed by atoms with Gasteiger partial charge in [0.1, 0.15) is 5.82 Å². The van der Waals surface area contributed by atoms with Crippen LogP contribution in [0.2, 0.25) is 5.02 Å². The molecule has 1 aliphatic rings. The van der Waals surface area contributed by atoms with Crippen LogP contribution in [-0.2, 0) is 4.74 Å². The highest BCUT2D eigenvalue weighted by Crippen LogP contribution is 2.28. The molecule has 0 saturated carbocycles. The second kappa shape index (κ2) is 6.66. The molecule has 2 rings (SSSR count). The van der Waals surface area contributed by atoms with Crippen LogP contribution in [0.5, 0.6) is 0 Å². The van der Waals surface area contributed by atoms with E-state index < -0.39 is 0 Å². The van der Waals surface area contributed by atoms with Crippen LogP contribution in [0.3, 0.4) is 0 Å². The van der Waals surface area contributed by atoms with Gasteiger partial charge in [0.15, 0.2) is 0 Å². The number of morpholine rings is 1. The van der Waals surface area contributed by atoms with Crippen molar-refractivity contribution in [3.05, 3.63) is 34.6 Å². The van der Waals surface area contributed by atoms with E-state index in [1.807, 2.05) is 6.92 Å². The predicted octanol–water partition coefficient (Wildman–Crippen LogP) is 2.46. The third-order valence-electron chi connectivity index (χ3n) is 3.39. The van der Waals surface area contributed by atoms with E-state index >= 15 is 0 Å². The van der Waals surface area contributed by atoms with Crippen molar-refractivity contribution >= 4 is 11.6 Å². The maximum atomic E-state index is 13.5. The van der Waals surface area contributed by atoms with E-state index in [1.165, 1.54) is 12.1 Å². The zero-order chi connectivity index (χ0) is 13.8. The van der Waals surface area contributed by atoms with Crippen LogP contribution in [0.25, 0.3) is 0 Å². The van der Waals surface area contributed by atoms with E-state index in [-0.39, 0.29) is 18.0 Å². The molecule has 106 valence electrons. The zero-order valence-corrected chi connectivity index (χ0v) is 12.1. The molecule has 0 amide bonds. The SMILES string of the molecule is CCNC(c1cc(F)ccc1Cl)C1CN(C)CCO1. The van der Waals surface area contributed by atoms with Gasteiger partial charge in [-0.25, -0.2) is 4.39 Å². The molecule has 3 nitrogen and oxygen atoms in total. The van der Waals surface area contributed by atoms with Gasteiger partial charge in [-0.2, -0.15) is 0 Å². The molecular formula is C14H20ClFN2O. The second-order valence-corrected chi connectivity index (χ2v) is 5.28. The van der Waals surface area contributed by atoms with Gasteiger partial charge >= 0.3 is 0 Å². The van der Waals surface area contributed by atoms with Crippen molar-refractivity contribution in [3.63, 3.8) is 0 Å². The summed E-state index contributed by atoms with van der Waals surface area (Å²) in [5.74, 6) is -0.272. The van der Waals surface area contributed by atoms with Gasteiger partial charge < -0.3 is 15.0 Å². The van der Waals surface area contributed by atoms with Gasteiger partial charge in [-0.15, -0.1) is 0 Å². The molecule has 1 saturated heterocycles. The maximum Gasteiger partial charge on any atom is 0.123 e. The molecule has 0 bridgehead atoms. The number of ether oxygens (including phenoxy) is 1. The molecule has 1 aromatic carbocycles. The Morgan fingerprint density at radius 1 is 1.58 bits per heavy atom. The normalized spacial score (nSPS) is 22.4. The third-order valence-corrected chi connectivity index (χ3v) is 3.73. The summed E-state index contributed by atoms with van der Waals surface area (Å²) in [7, 11) is 2.06. The Bertz CT molecular complexity index is 430. The Balaban J connectivity index is 2.25. The Hall–Kier alpha value is -0.680. The Labute approximate surface area is 118 Å². The highest BCUT2D eigenvalue weighted by atomic mass is 35.5. The van der Waals surface area contributed by atoms with E-state index in [9.17, 15) is 4.39 Å². The largest absolute Gasteiger partial charge is 0.374 e. The van der Waals surface area contributed by atoms with Crippen molar-refractivity contribution < 1.29 is 9.13 Å². The first-order chi connectivity index (χ1) is 9.11. The number of likely N-dealkylation sites (N-methyl/N-ethyl adjacent to an activating group) is 2. The fourth-order valence-corrected chi connectivity index (χ4v) is 2.66. The Morgan fingerprint density at radius 3 is 3.05 bits per heavy atom. The number of nitrogens with one attached hydrogen (secondary N) is 1. The van der Waals surface area contributed by atoms with Crippen LogP contribution in [0, 0.1) is 5.82 Å². The maximum absolute atomic E-state index is 13.5. The van der Waals surface area contributed by atoms with Gasteiger partial charge in [-0.3, -0.25) is 0 Å². The summed E-state index contributed by atoms with van der Waals surface area (Å²) in [6.07, 6.45) is -0.0157. The van der Waals surface area contributed by atoms with E-state index in [0.717, 1.165) is 25.2 Å². The lowest BCUT2D eigenvalue weighted by atomic mass is 9.99. The summed E-state index contributed by atoms with van der Waals surface area (Å²) < 4.78 is 19.3. The minimum absolute atomic E-state index is 0.0157. The van der Waals surface area contributed by atoms with Crippen LogP contribution in [0.15, 0.2) is 18.2 Å². The molecule has 0 spiro atoms. The van der Waals surface area contributed by atoms with Gasteiger partial charge in [-0.1, -0.05) is 18.5 Å². The quantitative estimate of drug-likeness (QED) is 0.920. The predicted molar refractivity (Wildman–Crippen MR) is 75.1 cm³/mol. The molecule has 19 heavy (non-hydrogen) atoms. The minimum atomic E-state index is -0.272. The van der Waals surface area contributed by atoms with Gasteiger partial charge in [0, 0.05) is 18.1 Å². The monoisotopic (exact) mass is 286 g/mol. The summed E-state index contributed by atoms with van der Waals surface area (Å²) >= 11 is 6.21. The first-order valence-corrected chi connectivity index (χ1v) is 6.98. The number of rotatable bonds is 4. The van der Waals surface area contributed by atoms with Crippen LogP contribution in [0.1, 0.15) is 18.5 Å². The van der Waals surface area contributed by atoms with E-state index in [1.54, 1.807) is 6.07 Å². The van der Waals surface area contributed by atoms with Gasteiger partial charge in [0.05, 0.1) is 18.8 Å². The highest BCUT2D eigenvalue weighted by Gasteiger charge is 2.29. The molecule has 1 aliphatic heterocycles. The average molecular weight is 287 g/mol. The lowest BCUT2D eigenvalue weighted by molar-refractivity contribution is -0.0390. The summed E-state index contributed by atoms with van der Waals surface area (Å²) in [6.45, 7) is 5.22. The summed E-state index contributed by atoms with van der Waals surface area (Å²) in [5.41, 5.74) is 0.767. The van der Waals surface area contributed by atoms with Crippen LogP contribution in [0.4, 0.5) is 4.39 Å². The molecule has 1 fully saturated rings. The number of halogens is 2. The lowest BCUT2D eigenvalue weighted by Gasteiger charge is -2.36. The van der Waals surface area contributed by atoms with Gasteiger partial charge in [0.2, 0.25) is 0 Å². The smallest absolute Gasteiger partial charge is 0.123 e. The van der Waals surface area contributed by atoms with Crippen molar-refractivity contribution in [3.8, 4) is 0 Å². The molecule has 5 heteroatoms. The molecule has 0 aliphatic carbocycles. The van der Waals surface area contributed by atoms with Gasteiger partial charge in [-0.05, 0) is 37.4 Å². The van der Waals surface area contributed by atoms with E-state index in [4.69, 9.17) is 16.3 Å². The van der Waals surface area contributed by atoms with Crippen molar-refractivity contribution in [2.75, 3.05) is 33.3 Å². The van der Waals surface area contributed by atoms with Crippen molar-refractivity contribution in [1.82, 2.24) is 10.2 Å². The third kappa shape index (κ3) is 3.66. The fraction of sp³-hybridized carbons (Fsp3) is 0.571. The minimum Gasteiger partial charge on any atom is -0.374 e. The van der Waals surface area contributed by atoms with Crippen molar-refractivity contribution in [2.45, 2.75) is 19.1 Å². The Kier molecular flexibility index (Phi) is 5.16. The fourth-order valence-electron chi connectivity index (χ4n) is 2.43. The standard InChI is InChI=1S/C14H20ClFN2O/c1-3-17-14(13-9-18(2)6-7-19-13)11-8-10(16)4-5-12(11)15/h4-5,8,13-14,17H,3,6-7,9H2,1-2H3. The van der Waals surface area contributed by atoms with Crippen LogP contribution in [-0.4, -0.2) is 44.3 Å². The molecule has 1 aromatic rings. The molecule has 2 unspecified atom stereocenters. The molecule has 1 N–H and O–H groups in total. The lowest BCUT2D eigenvalue weighted by Crippen LogP contribution is -2.46. The summed E-state index contributed by atoms with van der Waals surface area (Å²) in [4.78, 5) is 2.21. The first-order valence-electron chi connectivity index (χ1n) is 6.60. The number of hydrogen-bond acceptors (Lipinski definition) is 3. The molecule has 0 radical (unpaired) electrons. The van der Waals surface area contributed by atoms with Crippen molar-refractivity contribution in [1.29, 1.82) is 0 Å².